The zero-order chi connectivity index (χ0) is 18.4. The van der Waals surface area contributed by atoms with Gasteiger partial charge in [-0.3, -0.25) is 9.36 Å². The van der Waals surface area contributed by atoms with Crippen molar-refractivity contribution in [3.05, 3.63) is 59.0 Å². The predicted octanol–water partition coefficient (Wildman–Crippen LogP) is -0.288. The molecule has 4 rings (SSSR count). The lowest BCUT2D eigenvalue weighted by Gasteiger charge is -2.22. The molecule has 0 unspecified atom stereocenters. The zero-order valence-corrected chi connectivity index (χ0v) is 13.9. The van der Waals surface area contributed by atoms with Crippen molar-refractivity contribution in [1.82, 2.24) is 19.1 Å². The molecule has 5 atom stereocenters. The molecule has 0 bridgehead atoms. The van der Waals surface area contributed by atoms with Crippen LogP contribution in [0.25, 0.3) is 11.0 Å². The zero-order valence-electron chi connectivity index (χ0n) is 13.9. The Morgan fingerprint density at radius 3 is 2.73 bits per heavy atom. The normalized spacial score (nSPS) is 27.1. The summed E-state index contributed by atoms with van der Waals surface area (Å²) in [6.45, 7) is 1.84. The van der Waals surface area contributed by atoms with Crippen LogP contribution < -0.4 is 5.56 Å². The van der Waals surface area contributed by atoms with Gasteiger partial charge in [-0.2, -0.15) is 0 Å². The molecular weight excluding hydrogens is 340 g/mol. The molecule has 0 aromatic carbocycles. The van der Waals surface area contributed by atoms with Crippen molar-refractivity contribution in [2.45, 2.75) is 37.7 Å². The second kappa shape index (κ2) is 6.29. The van der Waals surface area contributed by atoms with E-state index in [1.165, 1.54) is 18.6 Å². The molecule has 0 amide bonds. The smallest absolute Gasteiger partial charge is 0.252 e. The van der Waals surface area contributed by atoms with E-state index >= 15 is 0 Å². The number of aryl methyl sites for hydroxylation is 1. The van der Waals surface area contributed by atoms with Crippen LogP contribution >= 0.6 is 0 Å². The lowest BCUT2D eigenvalue weighted by atomic mass is 10.1. The number of pyridine rings is 1. The van der Waals surface area contributed by atoms with Crippen molar-refractivity contribution in [3.8, 4) is 0 Å². The van der Waals surface area contributed by atoms with E-state index in [0.29, 0.717) is 5.65 Å². The SMILES string of the molecule is Cc1ncnc2c1ccn2[C@@H]1O[C@@H]([C@@H](O)n2ccccc2=O)[C@@H](O)[C@H]1O. The molecule has 136 valence electrons. The first-order chi connectivity index (χ1) is 12.5. The molecule has 3 aromatic rings. The van der Waals surface area contributed by atoms with Gasteiger partial charge in [0.25, 0.3) is 5.56 Å². The van der Waals surface area contributed by atoms with Crippen LogP contribution in [0, 0.1) is 6.92 Å². The van der Waals surface area contributed by atoms with E-state index in [0.717, 1.165) is 15.6 Å². The highest BCUT2D eigenvalue weighted by molar-refractivity contribution is 5.78. The molecule has 26 heavy (non-hydrogen) atoms. The minimum absolute atomic E-state index is 0.441. The number of hydrogen-bond donors (Lipinski definition) is 3. The fraction of sp³-hybridized carbons (Fsp3) is 0.353. The Labute approximate surface area is 147 Å². The van der Waals surface area contributed by atoms with Crippen molar-refractivity contribution in [1.29, 1.82) is 0 Å². The van der Waals surface area contributed by atoms with Gasteiger partial charge in [-0.15, -0.1) is 0 Å². The largest absolute Gasteiger partial charge is 0.387 e. The third kappa shape index (κ3) is 2.53. The van der Waals surface area contributed by atoms with Gasteiger partial charge in [-0.05, 0) is 19.1 Å². The highest BCUT2D eigenvalue weighted by atomic mass is 16.6. The molecule has 3 N–H and O–H groups in total. The Bertz CT molecular complexity index is 1000. The van der Waals surface area contributed by atoms with Crippen LogP contribution in [-0.2, 0) is 4.74 Å². The van der Waals surface area contributed by atoms with Gasteiger partial charge >= 0.3 is 0 Å². The Balaban J connectivity index is 1.69. The molecule has 9 nitrogen and oxygen atoms in total. The summed E-state index contributed by atoms with van der Waals surface area (Å²) >= 11 is 0. The minimum Gasteiger partial charge on any atom is -0.387 e. The van der Waals surface area contributed by atoms with Crippen LogP contribution in [0.15, 0.2) is 47.8 Å². The van der Waals surface area contributed by atoms with Gasteiger partial charge in [-0.1, -0.05) is 6.07 Å². The molecule has 1 saturated heterocycles. The molecule has 1 fully saturated rings. The maximum atomic E-state index is 11.9. The van der Waals surface area contributed by atoms with E-state index in [2.05, 4.69) is 9.97 Å². The molecular formula is C17H18N4O5. The summed E-state index contributed by atoms with van der Waals surface area (Å²) in [5, 5.41) is 32.1. The average molecular weight is 358 g/mol. The number of ether oxygens (including phenoxy) is 1. The lowest BCUT2D eigenvalue weighted by molar-refractivity contribution is -0.111. The van der Waals surface area contributed by atoms with Crippen LogP contribution in [0.1, 0.15) is 18.1 Å². The first-order valence-electron chi connectivity index (χ1n) is 8.14. The topological polar surface area (TPSA) is 123 Å². The maximum absolute atomic E-state index is 11.9. The molecule has 0 spiro atoms. The van der Waals surface area contributed by atoms with Crippen molar-refractivity contribution in [2.75, 3.05) is 0 Å². The molecule has 1 aliphatic heterocycles. The van der Waals surface area contributed by atoms with Crippen molar-refractivity contribution >= 4 is 11.0 Å². The Hall–Kier alpha value is -2.59. The number of aliphatic hydroxyl groups is 3. The highest BCUT2D eigenvalue weighted by Crippen LogP contribution is 2.35. The van der Waals surface area contributed by atoms with Gasteiger partial charge in [0.05, 0.1) is 5.69 Å². The minimum atomic E-state index is -1.45. The van der Waals surface area contributed by atoms with Gasteiger partial charge < -0.3 is 24.6 Å². The fourth-order valence-corrected chi connectivity index (χ4v) is 3.28. The van der Waals surface area contributed by atoms with Crippen molar-refractivity contribution < 1.29 is 20.1 Å². The predicted molar refractivity (Wildman–Crippen MR) is 90.1 cm³/mol. The summed E-state index contributed by atoms with van der Waals surface area (Å²) in [6.07, 6.45) is -1.81. The summed E-state index contributed by atoms with van der Waals surface area (Å²) in [4.78, 5) is 20.2. The van der Waals surface area contributed by atoms with E-state index in [4.69, 9.17) is 4.74 Å². The maximum Gasteiger partial charge on any atom is 0.252 e. The summed E-state index contributed by atoms with van der Waals surface area (Å²) < 4.78 is 8.37. The quantitative estimate of drug-likeness (QED) is 0.588. The van der Waals surface area contributed by atoms with E-state index in [-0.39, 0.29) is 0 Å². The number of hydrogen-bond acceptors (Lipinski definition) is 7. The number of aromatic nitrogens is 4. The van der Waals surface area contributed by atoms with E-state index in [1.807, 2.05) is 6.92 Å². The number of fused-ring (bicyclic) bond motifs is 1. The number of nitrogens with zero attached hydrogens (tertiary/aromatic N) is 4. The average Bonchev–Trinajstić information content (AvgIpc) is 3.18. The lowest BCUT2D eigenvalue weighted by Crippen LogP contribution is -2.39. The molecule has 1 aliphatic rings. The van der Waals surface area contributed by atoms with Crippen LogP contribution in [0.4, 0.5) is 0 Å². The Kier molecular flexibility index (Phi) is 4.08. The molecule has 0 radical (unpaired) electrons. The van der Waals surface area contributed by atoms with Crippen molar-refractivity contribution in [2.24, 2.45) is 0 Å². The Morgan fingerprint density at radius 1 is 1.15 bits per heavy atom. The van der Waals surface area contributed by atoms with Crippen LogP contribution in [0.2, 0.25) is 0 Å². The molecule has 3 aromatic heterocycles. The summed E-state index contributed by atoms with van der Waals surface area (Å²) in [6, 6.07) is 6.21. The number of aliphatic hydroxyl groups excluding tert-OH is 3. The van der Waals surface area contributed by atoms with Gasteiger partial charge in [-0.25, -0.2) is 9.97 Å². The first-order valence-corrected chi connectivity index (χ1v) is 8.14. The van der Waals surface area contributed by atoms with Gasteiger partial charge in [0.1, 0.15) is 30.3 Å². The third-order valence-corrected chi connectivity index (χ3v) is 4.69. The van der Waals surface area contributed by atoms with Crippen molar-refractivity contribution in [3.63, 3.8) is 0 Å². The van der Waals surface area contributed by atoms with E-state index in [9.17, 15) is 20.1 Å². The van der Waals surface area contributed by atoms with E-state index < -0.39 is 36.3 Å². The summed E-state index contributed by atoms with van der Waals surface area (Å²) in [5.41, 5.74) is 0.874. The van der Waals surface area contributed by atoms with Gasteiger partial charge in [0.15, 0.2) is 12.5 Å². The second-order valence-electron chi connectivity index (χ2n) is 6.25. The third-order valence-electron chi connectivity index (χ3n) is 4.69. The first kappa shape index (κ1) is 16.9. The van der Waals surface area contributed by atoms with Gasteiger partial charge in [0, 0.05) is 23.8 Å². The molecule has 0 saturated carbocycles. The van der Waals surface area contributed by atoms with Gasteiger partial charge in [0.2, 0.25) is 0 Å². The Morgan fingerprint density at radius 2 is 1.96 bits per heavy atom. The second-order valence-corrected chi connectivity index (χ2v) is 6.25. The van der Waals surface area contributed by atoms with E-state index in [1.54, 1.807) is 29.0 Å². The molecule has 4 heterocycles. The molecule has 0 aliphatic carbocycles. The summed E-state index contributed by atoms with van der Waals surface area (Å²) in [5.74, 6) is 0. The number of rotatable bonds is 3. The summed E-state index contributed by atoms with van der Waals surface area (Å²) in [7, 11) is 0. The monoisotopic (exact) mass is 358 g/mol. The fourth-order valence-electron chi connectivity index (χ4n) is 3.28. The highest BCUT2D eigenvalue weighted by Gasteiger charge is 2.47. The van der Waals surface area contributed by atoms with Crippen LogP contribution in [0.3, 0.4) is 0 Å². The standard InChI is InChI=1S/C17H18N4O5/c1-9-10-5-7-21(15(10)19-8-18-9)17-13(24)12(23)14(26-17)16(25)20-6-3-2-4-11(20)22/h2-8,12-14,16-17,23-25H,1H3/t12-,13+,14+,16+,17+/m0/s1. The van der Waals surface area contributed by atoms with Crippen LogP contribution in [0.5, 0.6) is 0 Å². The van der Waals surface area contributed by atoms with Crippen LogP contribution in [-0.4, -0.2) is 52.7 Å². The molecule has 9 heteroatoms.